The predicted molar refractivity (Wildman–Crippen MR) is 135 cm³/mol. The summed E-state index contributed by atoms with van der Waals surface area (Å²) in [5, 5.41) is 0. The quantitative estimate of drug-likeness (QED) is 0.347. The molecule has 162 valence electrons. The third-order valence-electron chi connectivity index (χ3n) is 7.52. The largest absolute Gasteiger partial charge is 0.0654 e. The van der Waals surface area contributed by atoms with Crippen molar-refractivity contribution < 1.29 is 0 Å². The van der Waals surface area contributed by atoms with E-state index >= 15 is 0 Å². The van der Waals surface area contributed by atoms with Gasteiger partial charge in [0.25, 0.3) is 0 Å². The van der Waals surface area contributed by atoms with Gasteiger partial charge in [-0.15, -0.1) is 0 Å². The molecule has 1 fully saturated rings. The van der Waals surface area contributed by atoms with E-state index in [1.54, 1.807) is 5.56 Å². The first kappa shape index (κ1) is 21.9. The Kier molecular flexibility index (Phi) is 7.62. The molecule has 0 bridgehead atoms. The van der Waals surface area contributed by atoms with Gasteiger partial charge < -0.3 is 0 Å². The summed E-state index contributed by atoms with van der Waals surface area (Å²) < 4.78 is 0. The molecule has 3 atom stereocenters. The normalized spacial score (nSPS) is 19.8. The predicted octanol–water partition coefficient (Wildman–Crippen LogP) is 9.51. The van der Waals surface area contributed by atoms with Gasteiger partial charge in [-0.25, -0.2) is 0 Å². The highest BCUT2D eigenvalue weighted by molar-refractivity contribution is 5.70. The molecule has 3 aromatic rings. The van der Waals surface area contributed by atoms with Crippen LogP contribution in [0.25, 0.3) is 22.3 Å². The first-order chi connectivity index (χ1) is 15.3. The van der Waals surface area contributed by atoms with Crippen LogP contribution in [0.5, 0.6) is 0 Å². The van der Waals surface area contributed by atoms with Crippen molar-refractivity contribution in [1.82, 2.24) is 0 Å². The standard InChI is InChI=1S/C31H38/c1-3-5-11-28-14-9-10-15-31(28)30(4-2)29-22-20-27(21-23-29)26-18-16-25(17-19-26)24-12-7-6-8-13-24/h6-8,12-13,16-23,28,30-31H,3-5,9-11,14-15H2,1-2H3. The zero-order chi connectivity index (χ0) is 21.5. The minimum Gasteiger partial charge on any atom is -0.0654 e. The second-order valence-corrected chi connectivity index (χ2v) is 9.43. The molecule has 0 radical (unpaired) electrons. The SMILES string of the molecule is CCCCC1CCCCC1C(CC)c1ccc(-c2ccc(-c3ccccc3)cc2)cc1. The van der Waals surface area contributed by atoms with Gasteiger partial charge in [0.2, 0.25) is 0 Å². The van der Waals surface area contributed by atoms with Crippen LogP contribution in [0, 0.1) is 11.8 Å². The van der Waals surface area contributed by atoms with Crippen molar-refractivity contribution in [2.75, 3.05) is 0 Å². The molecule has 0 heteroatoms. The van der Waals surface area contributed by atoms with Gasteiger partial charge in [-0.1, -0.05) is 131 Å². The highest BCUT2D eigenvalue weighted by atomic mass is 14.4. The molecular formula is C31H38. The molecule has 0 saturated heterocycles. The minimum absolute atomic E-state index is 0.719. The van der Waals surface area contributed by atoms with Crippen molar-refractivity contribution >= 4 is 0 Å². The van der Waals surface area contributed by atoms with E-state index in [4.69, 9.17) is 0 Å². The van der Waals surface area contributed by atoms with Crippen LogP contribution < -0.4 is 0 Å². The van der Waals surface area contributed by atoms with E-state index < -0.39 is 0 Å². The molecule has 0 heterocycles. The Morgan fingerprint density at radius 1 is 0.677 bits per heavy atom. The number of hydrogen-bond acceptors (Lipinski definition) is 0. The molecule has 3 aromatic carbocycles. The summed E-state index contributed by atoms with van der Waals surface area (Å²) in [6.07, 6.45) is 11.2. The van der Waals surface area contributed by atoms with Gasteiger partial charge in [-0.3, -0.25) is 0 Å². The average molecular weight is 411 g/mol. The maximum atomic E-state index is 2.42. The van der Waals surface area contributed by atoms with Crippen LogP contribution in [0.2, 0.25) is 0 Å². The highest BCUT2D eigenvalue weighted by Gasteiger charge is 2.31. The smallest absolute Gasteiger partial charge is 0.0134 e. The van der Waals surface area contributed by atoms with Crippen molar-refractivity contribution in [3.05, 3.63) is 84.4 Å². The fourth-order valence-electron chi connectivity index (χ4n) is 5.78. The van der Waals surface area contributed by atoms with E-state index in [1.165, 1.54) is 73.6 Å². The Balaban J connectivity index is 1.50. The molecule has 31 heavy (non-hydrogen) atoms. The Morgan fingerprint density at radius 2 is 1.23 bits per heavy atom. The highest BCUT2D eigenvalue weighted by Crippen LogP contribution is 2.44. The fourth-order valence-corrected chi connectivity index (χ4v) is 5.78. The molecule has 3 unspecified atom stereocenters. The molecule has 0 spiro atoms. The van der Waals surface area contributed by atoms with Gasteiger partial charge in [0.1, 0.15) is 0 Å². The van der Waals surface area contributed by atoms with Gasteiger partial charge >= 0.3 is 0 Å². The van der Waals surface area contributed by atoms with Crippen molar-refractivity contribution in [2.45, 2.75) is 71.1 Å². The molecule has 0 nitrogen and oxygen atoms in total. The zero-order valence-corrected chi connectivity index (χ0v) is 19.4. The number of benzene rings is 3. The van der Waals surface area contributed by atoms with E-state index in [9.17, 15) is 0 Å². The van der Waals surface area contributed by atoms with Crippen molar-refractivity contribution in [3.8, 4) is 22.3 Å². The molecular weight excluding hydrogens is 372 g/mol. The topological polar surface area (TPSA) is 0 Å². The average Bonchev–Trinajstić information content (AvgIpc) is 2.85. The lowest BCUT2D eigenvalue weighted by Gasteiger charge is -2.37. The van der Waals surface area contributed by atoms with E-state index in [1.807, 2.05) is 0 Å². The second kappa shape index (κ2) is 10.8. The summed E-state index contributed by atoms with van der Waals surface area (Å²) in [6, 6.07) is 29.2. The summed E-state index contributed by atoms with van der Waals surface area (Å²) >= 11 is 0. The molecule has 0 N–H and O–H groups in total. The van der Waals surface area contributed by atoms with Gasteiger partial charge in [0.05, 0.1) is 0 Å². The third kappa shape index (κ3) is 5.29. The van der Waals surface area contributed by atoms with Crippen LogP contribution in [0.3, 0.4) is 0 Å². The van der Waals surface area contributed by atoms with Gasteiger partial charge in [0.15, 0.2) is 0 Å². The Hall–Kier alpha value is -2.34. The first-order valence-electron chi connectivity index (χ1n) is 12.6. The Morgan fingerprint density at radius 3 is 1.81 bits per heavy atom. The molecule has 0 amide bonds. The van der Waals surface area contributed by atoms with E-state index in [0.717, 1.165) is 17.8 Å². The van der Waals surface area contributed by atoms with Crippen LogP contribution in [-0.4, -0.2) is 0 Å². The summed E-state index contributed by atoms with van der Waals surface area (Å²) in [5.41, 5.74) is 6.74. The molecule has 0 aliphatic heterocycles. The lowest BCUT2D eigenvalue weighted by Crippen LogP contribution is -2.25. The monoisotopic (exact) mass is 410 g/mol. The number of unbranched alkanes of at least 4 members (excludes halogenated alkanes) is 1. The first-order valence-corrected chi connectivity index (χ1v) is 12.6. The van der Waals surface area contributed by atoms with Crippen molar-refractivity contribution in [2.24, 2.45) is 11.8 Å². The molecule has 4 rings (SSSR count). The Labute approximate surface area is 189 Å². The lowest BCUT2D eigenvalue weighted by molar-refractivity contribution is 0.183. The second-order valence-electron chi connectivity index (χ2n) is 9.43. The molecule has 0 aromatic heterocycles. The van der Waals surface area contributed by atoms with Gasteiger partial charge in [-0.05, 0) is 58.4 Å². The van der Waals surface area contributed by atoms with Gasteiger partial charge in [0, 0.05) is 0 Å². The van der Waals surface area contributed by atoms with Crippen LogP contribution >= 0.6 is 0 Å². The zero-order valence-electron chi connectivity index (χ0n) is 19.4. The van der Waals surface area contributed by atoms with Crippen LogP contribution in [0.15, 0.2) is 78.9 Å². The van der Waals surface area contributed by atoms with E-state index in [-0.39, 0.29) is 0 Å². The van der Waals surface area contributed by atoms with Crippen LogP contribution in [0.4, 0.5) is 0 Å². The summed E-state index contributed by atoms with van der Waals surface area (Å²) in [6.45, 7) is 4.73. The Bertz CT molecular complexity index is 905. The van der Waals surface area contributed by atoms with Crippen molar-refractivity contribution in [3.63, 3.8) is 0 Å². The number of rotatable bonds is 8. The maximum absolute atomic E-state index is 2.42. The summed E-state index contributed by atoms with van der Waals surface area (Å²) in [4.78, 5) is 0. The molecule has 1 aliphatic carbocycles. The summed E-state index contributed by atoms with van der Waals surface area (Å²) in [7, 11) is 0. The third-order valence-corrected chi connectivity index (χ3v) is 7.52. The number of hydrogen-bond donors (Lipinski definition) is 0. The van der Waals surface area contributed by atoms with Crippen molar-refractivity contribution in [1.29, 1.82) is 0 Å². The maximum Gasteiger partial charge on any atom is -0.0134 e. The molecule has 1 saturated carbocycles. The summed E-state index contributed by atoms with van der Waals surface area (Å²) in [5.74, 6) is 2.53. The lowest BCUT2D eigenvalue weighted by atomic mass is 9.68. The van der Waals surface area contributed by atoms with Crippen LogP contribution in [0.1, 0.15) is 76.7 Å². The molecule has 1 aliphatic rings. The minimum atomic E-state index is 0.719. The fraction of sp³-hybridized carbons (Fsp3) is 0.419. The van der Waals surface area contributed by atoms with Crippen LogP contribution in [-0.2, 0) is 0 Å². The van der Waals surface area contributed by atoms with Gasteiger partial charge in [-0.2, -0.15) is 0 Å². The van der Waals surface area contributed by atoms with E-state index in [0.29, 0.717) is 0 Å². The van der Waals surface area contributed by atoms with E-state index in [2.05, 4.69) is 92.7 Å².